The molecule has 0 fully saturated rings. The van der Waals surface area contributed by atoms with Crippen molar-refractivity contribution in [2.75, 3.05) is 0 Å². The van der Waals surface area contributed by atoms with Crippen molar-refractivity contribution in [3.63, 3.8) is 0 Å². The van der Waals surface area contributed by atoms with Gasteiger partial charge < -0.3 is 9.97 Å². The predicted molar refractivity (Wildman–Crippen MR) is 87.8 cm³/mol. The molecule has 2 heterocycles. The smallest absolute Gasteiger partial charge is 0.149 e. The van der Waals surface area contributed by atoms with E-state index in [2.05, 4.69) is 21.0 Å². The minimum atomic E-state index is -0.341. The van der Waals surface area contributed by atoms with E-state index < -0.39 is 0 Å². The fourth-order valence-corrected chi connectivity index (χ4v) is 2.63. The van der Waals surface area contributed by atoms with Crippen LogP contribution in [0.25, 0.3) is 33.6 Å². The standard InChI is InChI=1S/C18H11FN4/c19-13-5-6-16-17(8-13)23-18(22-16)11(9-20)7-12-10-21-15-4-2-1-3-14(12)15/h1-8,10,21H,(H,22,23)/b11-7-. The number of hydrogen-bond acceptors (Lipinski definition) is 2. The van der Waals surface area contributed by atoms with Crippen LogP contribution in [0.1, 0.15) is 11.4 Å². The van der Waals surface area contributed by atoms with Gasteiger partial charge in [-0.25, -0.2) is 9.37 Å². The zero-order valence-corrected chi connectivity index (χ0v) is 12.0. The van der Waals surface area contributed by atoms with E-state index in [-0.39, 0.29) is 5.82 Å². The topological polar surface area (TPSA) is 68.3 Å². The molecule has 0 atom stereocenters. The first kappa shape index (κ1) is 13.3. The van der Waals surface area contributed by atoms with E-state index in [1.54, 1.807) is 12.1 Å². The monoisotopic (exact) mass is 302 g/mol. The second-order valence-corrected chi connectivity index (χ2v) is 5.21. The van der Waals surface area contributed by atoms with E-state index in [0.717, 1.165) is 16.5 Å². The highest BCUT2D eigenvalue weighted by Gasteiger charge is 2.10. The van der Waals surface area contributed by atoms with Crippen LogP contribution < -0.4 is 0 Å². The van der Waals surface area contributed by atoms with Crippen LogP contribution in [0.3, 0.4) is 0 Å². The van der Waals surface area contributed by atoms with Crippen molar-refractivity contribution in [3.05, 3.63) is 65.9 Å². The van der Waals surface area contributed by atoms with Gasteiger partial charge in [0.1, 0.15) is 17.7 Å². The van der Waals surface area contributed by atoms with Gasteiger partial charge in [-0.05, 0) is 30.3 Å². The van der Waals surface area contributed by atoms with Gasteiger partial charge in [0.25, 0.3) is 0 Å². The van der Waals surface area contributed by atoms with Crippen LogP contribution in [-0.2, 0) is 0 Å². The average Bonchev–Trinajstić information content (AvgIpc) is 3.16. The van der Waals surface area contributed by atoms with E-state index in [0.29, 0.717) is 22.4 Å². The first-order valence-electron chi connectivity index (χ1n) is 7.08. The van der Waals surface area contributed by atoms with Crippen molar-refractivity contribution in [3.8, 4) is 6.07 Å². The summed E-state index contributed by atoms with van der Waals surface area (Å²) in [5, 5.41) is 10.5. The molecule has 4 rings (SSSR count). The predicted octanol–water partition coefficient (Wildman–Crippen LogP) is 4.25. The second kappa shape index (κ2) is 5.11. The maximum atomic E-state index is 13.3. The number of nitriles is 1. The van der Waals surface area contributed by atoms with Crippen LogP contribution in [-0.4, -0.2) is 15.0 Å². The number of para-hydroxylation sites is 1. The Balaban J connectivity index is 1.85. The van der Waals surface area contributed by atoms with Gasteiger partial charge in [-0.3, -0.25) is 0 Å². The van der Waals surface area contributed by atoms with E-state index in [1.807, 2.05) is 30.5 Å². The molecular formula is C18H11FN4. The fourth-order valence-electron chi connectivity index (χ4n) is 2.63. The molecule has 5 heteroatoms. The van der Waals surface area contributed by atoms with Crippen molar-refractivity contribution in [1.29, 1.82) is 5.26 Å². The third-order valence-corrected chi connectivity index (χ3v) is 3.74. The Hall–Kier alpha value is -3.39. The minimum absolute atomic E-state index is 0.341. The summed E-state index contributed by atoms with van der Waals surface area (Å²) in [6.07, 6.45) is 3.62. The van der Waals surface area contributed by atoms with Crippen molar-refractivity contribution in [2.24, 2.45) is 0 Å². The number of benzene rings is 2. The zero-order chi connectivity index (χ0) is 15.8. The minimum Gasteiger partial charge on any atom is -0.361 e. The first-order chi connectivity index (χ1) is 11.2. The Morgan fingerprint density at radius 3 is 2.91 bits per heavy atom. The maximum absolute atomic E-state index is 13.3. The molecule has 4 aromatic rings. The fraction of sp³-hybridized carbons (Fsp3) is 0. The van der Waals surface area contributed by atoms with E-state index in [1.165, 1.54) is 12.1 Å². The quantitative estimate of drug-likeness (QED) is 0.544. The van der Waals surface area contributed by atoms with E-state index >= 15 is 0 Å². The molecule has 0 amide bonds. The molecule has 0 saturated heterocycles. The Morgan fingerprint density at radius 1 is 1.17 bits per heavy atom. The molecule has 0 saturated carbocycles. The molecule has 0 aliphatic carbocycles. The number of allylic oxidation sites excluding steroid dienone is 1. The first-order valence-corrected chi connectivity index (χ1v) is 7.08. The summed E-state index contributed by atoms with van der Waals surface area (Å²) in [5.74, 6) is 0.0881. The molecule has 0 radical (unpaired) electrons. The lowest BCUT2D eigenvalue weighted by Crippen LogP contribution is -1.84. The molecule has 0 aliphatic rings. The van der Waals surface area contributed by atoms with E-state index in [4.69, 9.17) is 0 Å². The lowest BCUT2D eigenvalue weighted by Gasteiger charge is -1.94. The molecule has 2 aromatic heterocycles. The van der Waals surface area contributed by atoms with Gasteiger partial charge >= 0.3 is 0 Å². The number of fused-ring (bicyclic) bond motifs is 2. The third kappa shape index (κ3) is 2.27. The SMILES string of the molecule is N#C/C(=C/c1c[nH]c2ccccc12)c1nc2ccc(F)cc2[nH]1. The van der Waals surface area contributed by atoms with Gasteiger partial charge in [-0.2, -0.15) is 5.26 Å². The molecular weight excluding hydrogens is 291 g/mol. The van der Waals surface area contributed by atoms with Crippen LogP contribution in [0.5, 0.6) is 0 Å². The summed E-state index contributed by atoms with van der Waals surface area (Å²) in [6.45, 7) is 0. The third-order valence-electron chi connectivity index (χ3n) is 3.74. The summed E-state index contributed by atoms with van der Waals surface area (Å²) >= 11 is 0. The lowest BCUT2D eigenvalue weighted by molar-refractivity contribution is 0.629. The highest BCUT2D eigenvalue weighted by atomic mass is 19.1. The number of aromatic amines is 2. The van der Waals surface area contributed by atoms with Crippen molar-refractivity contribution >= 4 is 33.6 Å². The number of rotatable bonds is 2. The molecule has 110 valence electrons. The van der Waals surface area contributed by atoms with Crippen LogP contribution >= 0.6 is 0 Å². The summed E-state index contributed by atoms with van der Waals surface area (Å²) in [5.41, 5.74) is 3.50. The number of imidazole rings is 1. The van der Waals surface area contributed by atoms with Gasteiger partial charge in [-0.15, -0.1) is 0 Å². The van der Waals surface area contributed by atoms with Gasteiger partial charge in [0.2, 0.25) is 0 Å². The Kier molecular flexibility index (Phi) is 2.95. The van der Waals surface area contributed by atoms with Gasteiger partial charge in [0.15, 0.2) is 0 Å². The Labute approximate surface area is 130 Å². The zero-order valence-electron chi connectivity index (χ0n) is 12.0. The molecule has 23 heavy (non-hydrogen) atoms. The van der Waals surface area contributed by atoms with Crippen LogP contribution in [0.4, 0.5) is 4.39 Å². The largest absolute Gasteiger partial charge is 0.361 e. The molecule has 2 aromatic carbocycles. The molecule has 0 unspecified atom stereocenters. The average molecular weight is 302 g/mol. The number of halogens is 1. The van der Waals surface area contributed by atoms with Crippen molar-refractivity contribution < 1.29 is 4.39 Å². The van der Waals surface area contributed by atoms with Crippen LogP contribution in [0.2, 0.25) is 0 Å². The molecule has 4 nitrogen and oxygen atoms in total. The normalized spacial score (nSPS) is 11.9. The Morgan fingerprint density at radius 2 is 2.04 bits per heavy atom. The summed E-state index contributed by atoms with van der Waals surface area (Å²) in [6, 6.07) is 14.3. The van der Waals surface area contributed by atoms with E-state index in [9.17, 15) is 9.65 Å². The lowest BCUT2D eigenvalue weighted by atomic mass is 10.1. The molecule has 2 N–H and O–H groups in total. The second-order valence-electron chi connectivity index (χ2n) is 5.21. The van der Waals surface area contributed by atoms with Crippen LogP contribution in [0, 0.1) is 17.1 Å². The highest BCUT2D eigenvalue weighted by molar-refractivity contribution is 5.97. The summed E-state index contributed by atoms with van der Waals surface area (Å²) < 4.78 is 13.3. The summed E-state index contributed by atoms with van der Waals surface area (Å²) in [4.78, 5) is 10.5. The van der Waals surface area contributed by atoms with Crippen LogP contribution in [0.15, 0.2) is 48.7 Å². The molecule has 0 spiro atoms. The maximum Gasteiger partial charge on any atom is 0.149 e. The molecule has 0 bridgehead atoms. The van der Waals surface area contributed by atoms with Gasteiger partial charge in [0, 0.05) is 22.7 Å². The summed E-state index contributed by atoms with van der Waals surface area (Å²) in [7, 11) is 0. The number of H-pyrrole nitrogens is 2. The van der Waals surface area contributed by atoms with Gasteiger partial charge in [-0.1, -0.05) is 18.2 Å². The molecule has 0 aliphatic heterocycles. The van der Waals surface area contributed by atoms with Crippen molar-refractivity contribution in [1.82, 2.24) is 15.0 Å². The highest BCUT2D eigenvalue weighted by Crippen LogP contribution is 2.24. The van der Waals surface area contributed by atoms with Crippen molar-refractivity contribution in [2.45, 2.75) is 0 Å². The number of hydrogen-bond donors (Lipinski definition) is 2. The Bertz CT molecular complexity index is 1100. The van der Waals surface area contributed by atoms with Gasteiger partial charge in [0.05, 0.1) is 16.6 Å². The number of nitrogens with zero attached hydrogens (tertiary/aromatic N) is 2. The number of nitrogens with one attached hydrogen (secondary N) is 2. The number of aromatic nitrogens is 3.